The quantitative estimate of drug-likeness (QED) is 0.502. The average molecular weight is 414 g/mol. The lowest BCUT2D eigenvalue weighted by molar-refractivity contribution is -0.143. The number of thiophene rings is 1. The maximum absolute atomic E-state index is 12.5. The predicted octanol–water partition coefficient (Wildman–Crippen LogP) is 3.13. The molecule has 1 saturated heterocycles. The maximum atomic E-state index is 12.5. The third-order valence-corrected chi connectivity index (χ3v) is 5.77. The Bertz CT molecular complexity index is 775. The molecule has 0 radical (unpaired) electrons. The first-order valence-corrected chi connectivity index (χ1v) is 10.2. The van der Waals surface area contributed by atoms with Crippen molar-refractivity contribution in [2.45, 2.75) is 31.7 Å². The zero-order chi connectivity index (χ0) is 20.1. The minimum Gasteiger partial charge on any atom is -0.386 e. The molecule has 2 aromatic rings. The molecule has 1 aliphatic heterocycles. The number of fused-ring (bicyclic) bond motifs is 1. The summed E-state index contributed by atoms with van der Waals surface area (Å²) in [6, 6.07) is 9.81. The van der Waals surface area contributed by atoms with E-state index in [9.17, 15) is 18.3 Å². The lowest BCUT2D eigenvalue weighted by Gasteiger charge is -2.20. The molecule has 1 fully saturated rings. The molecule has 28 heavy (non-hydrogen) atoms. The van der Waals surface area contributed by atoms with Gasteiger partial charge in [0.1, 0.15) is 6.10 Å². The van der Waals surface area contributed by atoms with Gasteiger partial charge in [-0.15, -0.1) is 11.3 Å². The van der Waals surface area contributed by atoms with Gasteiger partial charge in [-0.1, -0.05) is 18.2 Å². The minimum absolute atomic E-state index is 0.0957. The molecule has 0 saturated carbocycles. The number of hydrogen-bond donors (Lipinski definition) is 3. The molecule has 0 spiro atoms. The summed E-state index contributed by atoms with van der Waals surface area (Å²) in [6.45, 7) is 2.57. The third kappa shape index (κ3) is 5.83. The Labute approximate surface area is 166 Å². The molecule has 3 rings (SSSR count). The highest BCUT2D eigenvalue weighted by Gasteiger charge is 2.34. The zero-order valence-corrected chi connectivity index (χ0v) is 16.5. The number of halogens is 3. The minimum atomic E-state index is -4.18. The van der Waals surface area contributed by atoms with Crippen LogP contribution in [-0.4, -0.2) is 60.9 Å². The van der Waals surface area contributed by atoms with Gasteiger partial charge in [0, 0.05) is 35.3 Å². The van der Waals surface area contributed by atoms with Crippen LogP contribution < -0.4 is 10.6 Å². The molecule has 2 heterocycles. The average Bonchev–Trinajstić information content (AvgIpc) is 3.24. The molecular weight excluding hydrogens is 389 g/mol. The van der Waals surface area contributed by atoms with E-state index in [1.54, 1.807) is 0 Å². The van der Waals surface area contributed by atoms with Crippen LogP contribution in [0.25, 0.3) is 10.1 Å². The summed E-state index contributed by atoms with van der Waals surface area (Å²) in [4.78, 5) is 6.67. The Morgan fingerprint density at radius 1 is 1.39 bits per heavy atom. The summed E-state index contributed by atoms with van der Waals surface area (Å²) in [5.74, 6) is 0.515. The van der Waals surface area contributed by atoms with Crippen LogP contribution in [0.1, 0.15) is 24.3 Å². The van der Waals surface area contributed by atoms with Gasteiger partial charge in [-0.05, 0) is 30.9 Å². The van der Waals surface area contributed by atoms with Crippen LogP contribution in [0.3, 0.4) is 0 Å². The fraction of sp³-hybridized carbons (Fsp3) is 0.526. The van der Waals surface area contributed by atoms with Crippen molar-refractivity contribution in [1.29, 1.82) is 0 Å². The lowest BCUT2D eigenvalue weighted by atomic mass is 10.2. The van der Waals surface area contributed by atoms with E-state index in [-0.39, 0.29) is 12.6 Å². The molecule has 9 heteroatoms. The molecule has 0 bridgehead atoms. The van der Waals surface area contributed by atoms with Gasteiger partial charge >= 0.3 is 6.18 Å². The molecule has 5 nitrogen and oxygen atoms in total. The fourth-order valence-electron chi connectivity index (χ4n) is 3.30. The van der Waals surface area contributed by atoms with Crippen LogP contribution in [0.5, 0.6) is 0 Å². The predicted molar refractivity (Wildman–Crippen MR) is 107 cm³/mol. The highest BCUT2D eigenvalue weighted by molar-refractivity contribution is 7.19. The molecule has 3 N–H and O–H groups in total. The zero-order valence-electron chi connectivity index (χ0n) is 15.7. The summed E-state index contributed by atoms with van der Waals surface area (Å²) >= 11 is 1.54. The van der Waals surface area contributed by atoms with Crippen LogP contribution in [-0.2, 0) is 0 Å². The van der Waals surface area contributed by atoms with Crippen molar-refractivity contribution in [2.24, 2.45) is 4.99 Å². The number of likely N-dealkylation sites (tertiary alicyclic amines) is 1. The van der Waals surface area contributed by atoms with Crippen molar-refractivity contribution in [3.63, 3.8) is 0 Å². The number of hydrogen-bond acceptors (Lipinski definition) is 4. The molecule has 1 aromatic carbocycles. The molecule has 1 aromatic heterocycles. The van der Waals surface area contributed by atoms with Gasteiger partial charge in [0.05, 0.1) is 13.1 Å². The highest BCUT2D eigenvalue weighted by Crippen LogP contribution is 2.29. The largest absolute Gasteiger partial charge is 0.401 e. The van der Waals surface area contributed by atoms with E-state index in [1.807, 2.05) is 37.3 Å². The smallest absolute Gasteiger partial charge is 0.386 e. The van der Waals surface area contributed by atoms with Gasteiger partial charge < -0.3 is 15.7 Å². The first-order valence-electron chi connectivity index (χ1n) is 9.34. The monoisotopic (exact) mass is 414 g/mol. The fourth-order valence-corrected chi connectivity index (χ4v) is 4.34. The van der Waals surface area contributed by atoms with E-state index in [2.05, 4.69) is 15.6 Å². The number of nitrogens with one attached hydrogen (secondary N) is 2. The van der Waals surface area contributed by atoms with Crippen molar-refractivity contribution in [3.05, 3.63) is 35.2 Å². The number of benzene rings is 1. The van der Waals surface area contributed by atoms with Crippen LogP contribution >= 0.6 is 11.3 Å². The molecule has 154 valence electrons. The second-order valence-electron chi connectivity index (χ2n) is 6.90. The van der Waals surface area contributed by atoms with Gasteiger partial charge in [0.2, 0.25) is 0 Å². The molecule has 2 unspecified atom stereocenters. The number of guanidine groups is 1. The topological polar surface area (TPSA) is 59.9 Å². The molecule has 0 aliphatic carbocycles. The van der Waals surface area contributed by atoms with Gasteiger partial charge in [-0.2, -0.15) is 13.2 Å². The normalized spacial score (nSPS) is 19.9. The first kappa shape index (κ1) is 20.9. The Morgan fingerprint density at radius 3 is 2.89 bits per heavy atom. The Balaban J connectivity index is 1.58. The van der Waals surface area contributed by atoms with Gasteiger partial charge in [-0.25, -0.2) is 0 Å². The van der Waals surface area contributed by atoms with E-state index in [0.717, 1.165) is 15.0 Å². The summed E-state index contributed by atoms with van der Waals surface area (Å²) in [6.07, 6.45) is -4.28. The standard InChI is InChI=1S/C19H25F3N4OS/c1-2-23-18(25-14-7-8-26(11-14)12-19(20,21)22)24-10-15(27)17-9-13-5-3-4-6-16(13)28-17/h3-6,9,14-15,27H,2,7-8,10-12H2,1H3,(H2,23,24,25). The number of alkyl halides is 3. The van der Waals surface area contributed by atoms with Crippen molar-refractivity contribution in [1.82, 2.24) is 15.5 Å². The van der Waals surface area contributed by atoms with E-state index in [4.69, 9.17) is 0 Å². The summed E-state index contributed by atoms with van der Waals surface area (Å²) in [7, 11) is 0. The second-order valence-corrected chi connectivity index (χ2v) is 8.02. The summed E-state index contributed by atoms with van der Waals surface area (Å²) in [5, 5.41) is 17.9. The van der Waals surface area contributed by atoms with E-state index in [0.29, 0.717) is 32.0 Å². The Kier molecular flexibility index (Phi) is 6.79. The highest BCUT2D eigenvalue weighted by atomic mass is 32.1. The van der Waals surface area contributed by atoms with Gasteiger partial charge in [0.25, 0.3) is 0 Å². The number of aliphatic hydroxyl groups excluding tert-OH is 1. The molecule has 2 atom stereocenters. The number of aliphatic imine (C=N–C) groups is 1. The van der Waals surface area contributed by atoms with Crippen molar-refractivity contribution in [2.75, 3.05) is 32.7 Å². The number of rotatable bonds is 6. The Morgan fingerprint density at radius 2 is 2.18 bits per heavy atom. The van der Waals surface area contributed by atoms with E-state index < -0.39 is 18.8 Å². The molecule has 0 amide bonds. The lowest BCUT2D eigenvalue weighted by Crippen LogP contribution is -2.45. The van der Waals surface area contributed by atoms with E-state index >= 15 is 0 Å². The SMILES string of the molecule is CCNC(=NCC(O)c1cc2ccccc2s1)NC1CCN(CC(F)(F)F)C1. The van der Waals surface area contributed by atoms with Crippen LogP contribution in [0, 0.1) is 0 Å². The summed E-state index contributed by atoms with van der Waals surface area (Å²) < 4.78 is 38.7. The third-order valence-electron chi connectivity index (χ3n) is 4.56. The molecular formula is C19H25F3N4OS. The van der Waals surface area contributed by atoms with Crippen molar-refractivity contribution < 1.29 is 18.3 Å². The van der Waals surface area contributed by atoms with Crippen LogP contribution in [0.2, 0.25) is 0 Å². The van der Waals surface area contributed by atoms with E-state index in [1.165, 1.54) is 16.2 Å². The van der Waals surface area contributed by atoms with Gasteiger partial charge in [0.15, 0.2) is 5.96 Å². The first-order chi connectivity index (χ1) is 13.3. The molecule has 1 aliphatic rings. The maximum Gasteiger partial charge on any atom is 0.401 e. The van der Waals surface area contributed by atoms with Crippen molar-refractivity contribution >= 4 is 27.4 Å². The second kappa shape index (κ2) is 9.11. The van der Waals surface area contributed by atoms with Crippen molar-refractivity contribution in [3.8, 4) is 0 Å². The number of aliphatic hydroxyl groups is 1. The Hall–Kier alpha value is -1.84. The number of nitrogens with zero attached hydrogens (tertiary/aromatic N) is 2. The van der Waals surface area contributed by atoms with Crippen LogP contribution in [0.4, 0.5) is 13.2 Å². The summed E-state index contributed by atoms with van der Waals surface area (Å²) in [5.41, 5.74) is 0. The van der Waals surface area contributed by atoms with Gasteiger partial charge in [-0.3, -0.25) is 9.89 Å². The van der Waals surface area contributed by atoms with Crippen LogP contribution in [0.15, 0.2) is 35.3 Å².